The summed E-state index contributed by atoms with van der Waals surface area (Å²) >= 11 is 0. The van der Waals surface area contributed by atoms with Gasteiger partial charge in [-0.25, -0.2) is 4.39 Å². The fraction of sp³-hybridized carbons (Fsp3) is 0.200. The molecule has 1 amide bonds. The molecule has 32 heavy (non-hydrogen) atoms. The van der Waals surface area contributed by atoms with Crippen LogP contribution in [0.25, 0.3) is 11.4 Å². The summed E-state index contributed by atoms with van der Waals surface area (Å²) in [4.78, 5) is 27.7. The minimum Gasteiger partial charge on any atom is -0.456 e. The predicted molar refractivity (Wildman–Crippen MR) is 101 cm³/mol. The number of hydrogen-bond donors (Lipinski definition) is 1. The van der Waals surface area contributed by atoms with Gasteiger partial charge in [-0.05, 0) is 48.5 Å². The molecule has 0 radical (unpaired) electrons. The molecule has 0 aliphatic rings. The van der Waals surface area contributed by atoms with Gasteiger partial charge < -0.3 is 19.3 Å². The fourth-order valence-corrected chi connectivity index (χ4v) is 2.44. The maximum absolute atomic E-state index is 13.0. The monoisotopic (exact) mass is 453 g/mol. The van der Waals surface area contributed by atoms with E-state index in [0.717, 1.165) is 12.1 Å². The van der Waals surface area contributed by atoms with Gasteiger partial charge in [-0.2, -0.15) is 4.98 Å². The highest BCUT2D eigenvalue weighted by Gasteiger charge is 2.31. The fourth-order valence-electron chi connectivity index (χ4n) is 2.44. The van der Waals surface area contributed by atoms with Crippen LogP contribution >= 0.6 is 0 Å². The van der Waals surface area contributed by atoms with Crippen LogP contribution in [0.3, 0.4) is 0 Å². The highest BCUT2D eigenvalue weighted by atomic mass is 19.4. The molecule has 3 aromatic rings. The van der Waals surface area contributed by atoms with Gasteiger partial charge in [0.05, 0.1) is 6.42 Å². The molecular formula is C20H15F4N3O5. The maximum atomic E-state index is 13.0. The number of esters is 1. The van der Waals surface area contributed by atoms with Crippen molar-refractivity contribution in [2.45, 2.75) is 19.2 Å². The standard InChI is InChI=1S/C20H15F4N3O5/c21-13-3-1-12(2-4-13)19-26-17(32-27-19)9-10-18(29)30-11-16(28)25-14-5-7-15(8-6-14)31-20(22,23)24/h1-8H,9-11H2,(H,25,28). The summed E-state index contributed by atoms with van der Waals surface area (Å²) in [5, 5.41) is 6.11. The molecular weight excluding hydrogens is 438 g/mol. The van der Waals surface area contributed by atoms with Crippen LogP contribution in [0.1, 0.15) is 12.3 Å². The first-order chi connectivity index (χ1) is 15.2. The second-order valence-corrected chi connectivity index (χ2v) is 6.30. The molecule has 0 fully saturated rings. The SMILES string of the molecule is O=C(COC(=O)CCc1nc(-c2ccc(F)cc2)no1)Nc1ccc(OC(F)(F)F)cc1. The van der Waals surface area contributed by atoms with Gasteiger partial charge in [0.2, 0.25) is 11.7 Å². The van der Waals surface area contributed by atoms with Crippen molar-refractivity contribution < 1.29 is 41.1 Å². The largest absolute Gasteiger partial charge is 0.573 e. The van der Waals surface area contributed by atoms with E-state index in [2.05, 4.69) is 20.2 Å². The van der Waals surface area contributed by atoms with E-state index < -0.39 is 36.4 Å². The summed E-state index contributed by atoms with van der Waals surface area (Å²) in [5.41, 5.74) is 0.735. The number of hydrogen-bond acceptors (Lipinski definition) is 7. The van der Waals surface area contributed by atoms with Crippen molar-refractivity contribution in [3.05, 3.63) is 60.2 Å². The number of anilines is 1. The lowest BCUT2D eigenvalue weighted by Gasteiger charge is -2.10. The second-order valence-electron chi connectivity index (χ2n) is 6.30. The number of aromatic nitrogens is 2. The van der Waals surface area contributed by atoms with E-state index in [1.54, 1.807) is 0 Å². The van der Waals surface area contributed by atoms with Gasteiger partial charge in [0.1, 0.15) is 11.6 Å². The van der Waals surface area contributed by atoms with Crippen LogP contribution in [0.4, 0.5) is 23.2 Å². The van der Waals surface area contributed by atoms with Gasteiger partial charge in [0.25, 0.3) is 5.91 Å². The molecule has 168 valence electrons. The number of aryl methyl sites for hydroxylation is 1. The van der Waals surface area contributed by atoms with E-state index in [-0.39, 0.29) is 30.2 Å². The number of nitrogens with zero attached hydrogens (tertiary/aromatic N) is 2. The number of carbonyl (C=O) groups is 2. The molecule has 0 saturated carbocycles. The quantitative estimate of drug-likeness (QED) is 0.408. The molecule has 0 saturated heterocycles. The van der Waals surface area contributed by atoms with Crippen LogP contribution in [0.2, 0.25) is 0 Å². The third kappa shape index (κ3) is 7.07. The van der Waals surface area contributed by atoms with Gasteiger partial charge in [-0.3, -0.25) is 9.59 Å². The molecule has 2 aromatic carbocycles. The first-order valence-electron chi connectivity index (χ1n) is 9.08. The molecule has 1 heterocycles. The Hall–Kier alpha value is -3.96. The average molecular weight is 453 g/mol. The smallest absolute Gasteiger partial charge is 0.456 e. The Labute approximate surface area is 178 Å². The first-order valence-corrected chi connectivity index (χ1v) is 9.08. The van der Waals surface area contributed by atoms with Gasteiger partial charge in [-0.15, -0.1) is 13.2 Å². The minimum absolute atomic E-state index is 0.0648. The van der Waals surface area contributed by atoms with E-state index >= 15 is 0 Å². The van der Waals surface area contributed by atoms with Crippen molar-refractivity contribution in [1.29, 1.82) is 0 Å². The topological polar surface area (TPSA) is 104 Å². The van der Waals surface area contributed by atoms with Crippen molar-refractivity contribution in [2.24, 2.45) is 0 Å². The maximum Gasteiger partial charge on any atom is 0.573 e. The van der Waals surface area contributed by atoms with Crippen molar-refractivity contribution in [3.63, 3.8) is 0 Å². The van der Waals surface area contributed by atoms with E-state index in [9.17, 15) is 27.2 Å². The van der Waals surface area contributed by atoms with E-state index in [0.29, 0.717) is 5.56 Å². The third-order valence-electron chi connectivity index (χ3n) is 3.85. The second kappa shape index (κ2) is 9.90. The van der Waals surface area contributed by atoms with Crippen molar-refractivity contribution in [1.82, 2.24) is 10.1 Å². The molecule has 0 atom stereocenters. The number of rotatable bonds is 8. The highest BCUT2D eigenvalue weighted by molar-refractivity contribution is 5.92. The Bertz CT molecular complexity index is 1070. The Morgan fingerprint density at radius 3 is 2.38 bits per heavy atom. The molecule has 1 N–H and O–H groups in total. The zero-order valence-corrected chi connectivity index (χ0v) is 16.2. The molecule has 0 aliphatic heterocycles. The Morgan fingerprint density at radius 2 is 1.72 bits per heavy atom. The zero-order chi connectivity index (χ0) is 23.1. The molecule has 12 heteroatoms. The molecule has 0 aliphatic carbocycles. The molecule has 0 unspecified atom stereocenters. The lowest BCUT2D eigenvalue weighted by molar-refractivity contribution is -0.274. The summed E-state index contributed by atoms with van der Waals surface area (Å²) < 4.78 is 62.9. The normalized spacial score (nSPS) is 11.1. The minimum atomic E-state index is -4.82. The molecule has 8 nitrogen and oxygen atoms in total. The number of amides is 1. The Morgan fingerprint density at radius 1 is 1.03 bits per heavy atom. The van der Waals surface area contributed by atoms with E-state index in [1.165, 1.54) is 36.4 Å². The predicted octanol–water partition coefficient (Wildman–Crippen LogP) is 3.89. The molecule has 0 bridgehead atoms. The van der Waals surface area contributed by atoms with Gasteiger partial charge in [0.15, 0.2) is 6.61 Å². The summed E-state index contributed by atoms with van der Waals surface area (Å²) in [6, 6.07) is 9.92. The van der Waals surface area contributed by atoms with E-state index in [1.807, 2.05) is 0 Å². The lowest BCUT2D eigenvalue weighted by Crippen LogP contribution is -2.21. The van der Waals surface area contributed by atoms with Gasteiger partial charge in [-0.1, -0.05) is 5.16 Å². The van der Waals surface area contributed by atoms with E-state index in [4.69, 9.17) is 9.26 Å². The van der Waals surface area contributed by atoms with Crippen molar-refractivity contribution in [3.8, 4) is 17.1 Å². The Balaban J connectivity index is 1.40. The summed E-state index contributed by atoms with van der Waals surface area (Å²) in [5.74, 6) is -1.83. The number of benzene rings is 2. The first kappa shape index (κ1) is 22.7. The number of halogens is 4. The van der Waals surface area contributed by atoms with Gasteiger partial charge in [0, 0.05) is 17.7 Å². The molecule has 3 rings (SSSR count). The number of carbonyl (C=O) groups excluding carboxylic acids is 2. The summed E-state index contributed by atoms with van der Waals surface area (Å²) in [6.45, 7) is -0.593. The van der Waals surface area contributed by atoms with Crippen LogP contribution in [0.5, 0.6) is 5.75 Å². The number of nitrogens with one attached hydrogen (secondary N) is 1. The van der Waals surface area contributed by atoms with Crippen LogP contribution in [-0.2, 0) is 20.7 Å². The average Bonchev–Trinajstić information content (AvgIpc) is 3.21. The zero-order valence-electron chi connectivity index (χ0n) is 16.2. The highest BCUT2D eigenvalue weighted by Crippen LogP contribution is 2.24. The molecule has 0 spiro atoms. The molecule has 1 aromatic heterocycles. The van der Waals surface area contributed by atoms with Gasteiger partial charge >= 0.3 is 12.3 Å². The summed E-state index contributed by atoms with van der Waals surface area (Å²) in [6.07, 6.45) is -4.89. The lowest BCUT2D eigenvalue weighted by atomic mass is 10.2. The van der Waals surface area contributed by atoms with Crippen LogP contribution in [0.15, 0.2) is 53.1 Å². The van der Waals surface area contributed by atoms with Crippen LogP contribution < -0.4 is 10.1 Å². The summed E-state index contributed by atoms with van der Waals surface area (Å²) in [7, 11) is 0. The van der Waals surface area contributed by atoms with Crippen LogP contribution in [-0.4, -0.2) is 35.0 Å². The Kier molecular flexibility index (Phi) is 7.03. The van der Waals surface area contributed by atoms with Crippen molar-refractivity contribution in [2.75, 3.05) is 11.9 Å². The third-order valence-corrected chi connectivity index (χ3v) is 3.85. The van der Waals surface area contributed by atoms with Crippen LogP contribution in [0, 0.1) is 5.82 Å². The van der Waals surface area contributed by atoms with Crippen molar-refractivity contribution >= 4 is 17.6 Å². The number of alkyl halides is 3. The number of ether oxygens (including phenoxy) is 2.